The van der Waals surface area contributed by atoms with Gasteiger partial charge in [-0.05, 0) is 47.5 Å². The first-order valence-electron chi connectivity index (χ1n) is 11.2. The van der Waals surface area contributed by atoms with Crippen molar-refractivity contribution in [2.24, 2.45) is 5.10 Å². The average molecular weight is 548 g/mol. The van der Waals surface area contributed by atoms with Crippen molar-refractivity contribution >= 4 is 44.9 Å². The Labute approximate surface area is 216 Å². The first-order valence-corrected chi connectivity index (χ1v) is 12.0. The van der Waals surface area contributed by atoms with E-state index in [2.05, 4.69) is 21.0 Å². The first-order chi connectivity index (χ1) is 17.4. The summed E-state index contributed by atoms with van der Waals surface area (Å²) in [6.45, 7) is -0.305. The number of methoxy groups -OCH3 is 2. The number of nitrogens with zero attached hydrogens (tertiary/aromatic N) is 3. The third kappa shape index (κ3) is 4.15. The summed E-state index contributed by atoms with van der Waals surface area (Å²) in [5.41, 5.74) is 3.14. The maximum atomic E-state index is 13.6. The van der Waals surface area contributed by atoms with Crippen molar-refractivity contribution in [3.8, 4) is 11.5 Å². The lowest BCUT2D eigenvalue weighted by atomic mass is 9.98. The molecule has 3 aromatic rings. The van der Waals surface area contributed by atoms with Crippen LogP contribution in [0.2, 0.25) is 0 Å². The van der Waals surface area contributed by atoms with Gasteiger partial charge in [0, 0.05) is 10.9 Å². The molecule has 2 aliphatic rings. The highest BCUT2D eigenvalue weighted by Gasteiger charge is 2.40. The van der Waals surface area contributed by atoms with Gasteiger partial charge in [-0.2, -0.15) is 5.10 Å². The molecule has 0 aliphatic carbocycles. The number of anilines is 1. The minimum Gasteiger partial charge on any atom is -0.493 e. The molecule has 36 heavy (non-hydrogen) atoms. The summed E-state index contributed by atoms with van der Waals surface area (Å²) in [5, 5.41) is 6.08. The van der Waals surface area contributed by atoms with Gasteiger partial charge in [-0.3, -0.25) is 19.3 Å². The maximum Gasteiger partial charge on any atom is 0.299 e. The van der Waals surface area contributed by atoms with Gasteiger partial charge in [0.2, 0.25) is 0 Å². The molecule has 0 N–H and O–H groups in total. The molecule has 0 aromatic heterocycles. The van der Waals surface area contributed by atoms with Gasteiger partial charge in [0.1, 0.15) is 6.54 Å². The van der Waals surface area contributed by atoms with Gasteiger partial charge in [-0.15, -0.1) is 0 Å². The van der Waals surface area contributed by atoms with Crippen LogP contribution in [0.1, 0.15) is 33.9 Å². The fourth-order valence-corrected chi connectivity index (χ4v) is 4.91. The fourth-order valence-electron chi connectivity index (χ4n) is 4.52. The lowest BCUT2D eigenvalue weighted by molar-refractivity contribution is -0.132. The van der Waals surface area contributed by atoms with Gasteiger partial charge in [0.25, 0.3) is 17.6 Å². The molecule has 1 atom stereocenters. The number of Topliss-reactive ketones (excluding diaryl/α,β-unsaturated/α-hetero) is 1. The monoisotopic (exact) mass is 547 g/mol. The number of benzene rings is 3. The van der Waals surface area contributed by atoms with Crippen molar-refractivity contribution in [3.05, 3.63) is 87.9 Å². The lowest BCUT2D eigenvalue weighted by Crippen LogP contribution is -2.40. The number of hydrogen-bond donors (Lipinski definition) is 0. The van der Waals surface area contributed by atoms with Crippen LogP contribution in [0, 0.1) is 0 Å². The molecule has 0 fully saturated rings. The number of hydrazone groups is 1. The summed E-state index contributed by atoms with van der Waals surface area (Å²) in [6, 6.07) is 19.4. The summed E-state index contributed by atoms with van der Waals surface area (Å²) < 4.78 is 11.7. The number of rotatable bonds is 6. The Morgan fingerprint density at radius 3 is 2.53 bits per heavy atom. The van der Waals surface area contributed by atoms with Gasteiger partial charge < -0.3 is 9.47 Å². The molecule has 0 saturated carbocycles. The zero-order valence-corrected chi connectivity index (χ0v) is 21.2. The largest absolute Gasteiger partial charge is 0.493 e. The van der Waals surface area contributed by atoms with E-state index < -0.39 is 23.6 Å². The van der Waals surface area contributed by atoms with Crippen molar-refractivity contribution in [2.45, 2.75) is 12.5 Å². The van der Waals surface area contributed by atoms with E-state index in [9.17, 15) is 14.4 Å². The van der Waals surface area contributed by atoms with E-state index in [1.165, 1.54) is 9.91 Å². The van der Waals surface area contributed by atoms with Crippen molar-refractivity contribution in [3.63, 3.8) is 0 Å². The third-order valence-corrected chi connectivity index (χ3v) is 6.78. The molecule has 5 rings (SSSR count). The van der Waals surface area contributed by atoms with E-state index >= 15 is 0 Å². The number of carbonyl (C=O) groups is 3. The highest BCUT2D eigenvalue weighted by atomic mass is 79.9. The van der Waals surface area contributed by atoms with E-state index in [0.29, 0.717) is 29.2 Å². The van der Waals surface area contributed by atoms with Gasteiger partial charge in [0.15, 0.2) is 11.5 Å². The van der Waals surface area contributed by atoms with Crippen LogP contribution >= 0.6 is 15.9 Å². The smallest absolute Gasteiger partial charge is 0.299 e. The number of hydrogen-bond acceptors (Lipinski definition) is 6. The summed E-state index contributed by atoms with van der Waals surface area (Å²) >= 11 is 3.49. The van der Waals surface area contributed by atoms with Crippen LogP contribution in [0.15, 0.2) is 76.3 Å². The van der Waals surface area contributed by atoms with E-state index in [0.717, 1.165) is 21.3 Å². The Morgan fingerprint density at radius 2 is 1.78 bits per heavy atom. The topological polar surface area (TPSA) is 88.5 Å². The first kappa shape index (κ1) is 23.7. The van der Waals surface area contributed by atoms with Crippen LogP contribution in [-0.4, -0.2) is 49.1 Å². The maximum absolute atomic E-state index is 13.6. The number of halogens is 1. The molecule has 3 aromatic carbocycles. The minimum absolute atomic E-state index is 0.298. The third-order valence-electron chi connectivity index (χ3n) is 6.29. The van der Waals surface area contributed by atoms with E-state index in [-0.39, 0.29) is 6.54 Å². The van der Waals surface area contributed by atoms with E-state index in [1.54, 1.807) is 44.6 Å². The Kier molecular flexibility index (Phi) is 6.32. The van der Waals surface area contributed by atoms with Crippen LogP contribution in [0.3, 0.4) is 0 Å². The molecule has 8 nitrogen and oxygen atoms in total. The molecule has 2 heterocycles. The molecule has 2 aliphatic heterocycles. The highest BCUT2D eigenvalue weighted by Crippen LogP contribution is 2.38. The SMILES string of the molecule is COc1ccc(C2CC(c3cccc(Br)c3)=NN2C(=O)CN2C(=O)C(=O)c3ccccc32)cc1OC. The summed E-state index contributed by atoms with van der Waals surface area (Å²) in [7, 11) is 3.11. The molecule has 0 spiro atoms. The van der Waals surface area contributed by atoms with Crippen molar-refractivity contribution in [2.75, 3.05) is 25.7 Å². The highest BCUT2D eigenvalue weighted by molar-refractivity contribution is 9.10. The number of para-hydroxylation sites is 1. The van der Waals surface area contributed by atoms with Gasteiger partial charge in [-0.25, -0.2) is 5.01 Å². The summed E-state index contributed by atoms with van der Waals surface area (Å²) in [6.07, 6.45) is 0.459. The second-order valence-corrected chi connectivity index (χ2v) is 9.28. The molecule has 0 bridgehead atoms. The van der Waals surface area contributed by atoms with Gasteiger partial charge >= 0.3 is 0 Å². The predicted molar refractivity (Wildman–Crippen MR) is 138 cm³/mol. The van der Waals surface area contributed by atoms with Gasteiger partial charge in [-0.1, -0.05) is 46.3 Å². The average Bonchev–Trinajstić information content (AvgIpc) is 3.45. The molecule has 0 saturated heterocycles. The molecule has 2 amide bonds. The Morgan fingerprint density at radius 1 is 1.00 bits per heavy atom. The number of ketones is 1. The standard InChI is InChI=1S/C27H22BrN3O5/c1-35-23-11-10-17(13-24(23)36-2)22-14-20(16-6-5-7-18(28)12-16)29-31(22)25(32)15-30-21-9-4-3-8-19(21)26(33)27(30)34/h3-13,22H,14-15H2,1-2H3. The molecule has 1 unspecified atom stereocenters. The number of amides is 2. The van der Waals surface area contributed by atoms with Crippen LogP contribution in [-0.2, 0) is 9.59 Å². The quantitative estimate of drug-likeness (QED) is 0.427. The number of ether oxygens (including phenoxy) is 2. The van der Waals surface area contributed by atoms with Crippen LogP contribution in [0.4, 0.5) is 5.69 Å². The molecular weight excluding hydrogens is 526 g/mol. The second kappa shape index (κ2) is 9.58. The van der Waals surface area contributed by atoms with Crippen LogP contribution < -0.4 is 14.4 Å². The fraction of sp³-hybridized carbons (Fsp3) is 0.185. The number of fused-ring (bicyclic) bond motifs is 1. The Balaban J connectivity index is 1.51. The lowest BCUT2D eigenvalue weighted by Gasteiger charge is -2.25. The van der Waals surface area contributed by atoms with E-state index in [4.69, 9.17) is 9.47 Å². The number of carbonyl (C=O) groups excluding carboxylic acids is 3. The van der Waals surface area contributed by atoms with Crippen LogP contribution in [0.25, 0.3) is 0 Å². The molecule has 0 radical (unpaired) electrons. The summed E-state index contributed by atoms with van der Waals surface area (Å²) in [4.78, 5) is 39.9. The van der Waals surface area contributed by atoms with Crippen molar-refractivity contribution in [1.82, 2.24) is 5.01 Å². The predicted octanol–water partition coefficient (Wildman–Crippen LogP) is 4.37. The zero-order valence-electron chi connectivity index (χ0n) is 19.6. The molecular formula is C27H22BrN3O5. The summed E-state index contributed by atoms with van der Waals surface area (Å²) in [5.74, 6) is -0.634. The van der Waals surface area contributed by atoms with Crippen molar-refractivity contribution in [1.29, 1.82) is 0 Å². The minimum atomic E-state index is -0.720. The second-order valence-electron chi connectivity index (χ2n) is 8.37. The van der Waals surface area contributed by atoms with Gasteiger partial charge in [0.05, 0.1) is 37.2 Å². The normalized spacial score (nSPS) is 16.8. The molecule has 9 heteroatoms. The Bertz CT molecular complexity index is 1420. The van der Waals surface area contributed by atoms with Crippen molar-refractivity contribution < 1.29 is 23.9 Å². The molecule has 182 valence electrons. The van der Waals surface area contributed by atoms with E-state index in [1.807, 2.05) is 36.4 Å². The Hall–Kier alpha value is -3.98. The van der Waals surface area contributed by atoms with Crippen LogP contribution in [0.5, 0.6) is 11.5 Å². The zero-order chi connectivity index (χ0) is 25.4.